The van der Waals surface area contributed by atoms with Gasteiger partial charge in [-0.25, -0.2) is 18.7 Å². The largest absolute Gasteiger partial charge is 0.382 e. The summed E-state index contributed by atoms with van der Waals surface area (Å²) in [6.07, 6.45) is 2.63. The van der Waals surface area contributed by atoms with Crippen molar-refractivity contribution in [2.45, 2.75) is 25.8 Å². The third-order valence-electron chi connectivity index (χ3n) is 1.80. The second kappa shape index (κ2) is 3.73. The molecule has 0 amide bonds. The first-order chi connectivity index (χ1) is 6.39. The number of halogens is 2. The number of anilines is 2. The van der Waals surface area contributed by atoms with Crippen LogP contribution in [-0.4, -0.2) is 21.9 Å². The molecule has 4 nitrogen and oxygen atoms in total. The Morgan fingerprint density at radius 1 is 1.43 bits per heavy atom. The van der Waals surface area contributed by atoms with Crippen molar-refractivity contribution in [2.24, 2.45) is 0 Å². The molecular formula is C8H12F2N4. The van der Waals surface area contributed by atoms with Crippen LogP contribution in [0, 0.1) is 0 Å². The zero-order chi connectivity index (χ0) is 10.8. The van der Waals surface area contributed by atoms with Crippen LogP contribution in [0.4, 0.5) is 20.4 Å². The average molecular weight is 202 g/mol. The summed E-state index contributed by atoms with van der Waals surface area (Å²) in [7, 11) is 0. The van der Waals surface area contributed by atoms with Gasteiger partial charge < -0.3 is 11.1 Å². The van der Waals surface area contributed by atoms with Crippen molar-refractivity contribution in [1.82, 2.24) is 9.97 Å². The molecule has 0 radical (unpaired) electrons. The van der Waals surface area contributed by atoms with Gasteiger partial charge in [-0.05, 0) is 6.92 Å². The molecule has 1 heterocycles. The van der Waals surface area contributed by atoms with Crippen molar-refractivity contribution in [3.8, 4) is 0 Å². The molecule has 0 saturated carbocycles. The van der Waals surface area contributed by atoms with Crippen LogP contribution in [0.3, 0.4) is 0 Å². The Balaban J connectivity index is 2.65. The first-order valence-electron chi connectivity index (χ1n) is 4.11. The van der Waals surface area contributed by atoms with E-state index in [2.05, 4.69) is 15.3 Å². The van der Waals surface area contributed by atoms with E-state index in [1.807, 2.05) is 0 Å². The highest BCUT2D eigenvalue weighted by atomic mass is 19.3. The maximum Gasteiger partial charge on any atom is 0.264 e. The van der Waals surface area contributed by atoms with Crippen molar-refractivity contribution in [1.29, 1.82) is 0 Å². The molecule has 14 heavy (non-hydrogen) atoms. The van der Waals surface area contributed by atoms with Gasteiger partial charge in [0.1, 0.15) is 11.6 Å². The summed E-state index contributed by atoms with van der Waals surface area (Å²) in [5, 5.41) is 2.53. The number of hydrogen-bond donors (Lipinski definition) is 2. The lowest BCUT2D eigenvalue weighted by atomic mass is 10.2. The van der Waals surface area contributed by atoms with E-state index < -0.39 is 12.0 Å². The number of nitrogen functional groups attached to an aromatic ring is 1. The van der Waals surface area contributed by atoms with Crippen molar-refractivity contribution in [2.75, 3.05) is 11.1 Å². The summed E-state index contributed by atoms with van der Waals surface area (Å²) in [4.78, 5) is 7.52. The van der Waals surface area contributed by atoms with Crippen LogP contribution in [0.15, 0.2) is 12.4 Å². The Hall–Kier alpha value is -1.46. The van der Waals surface area contributed by atoms with Gasteiger partial charge in [-0.1, -0.05) is 0 Å². The molecule has 1 atom stereocenters. The zero-order valence-electron chi connectivity index (χ0n) is 7.96. The van der Waals surface area contributed by atoms with Crippen LogP contribution in [0.5, 0.6) is 0 Å². The van der Waals surface area contributed by atoms with E-state index in [1.165, 1.54) is 19.3 Å². The summed E-state index contributed by atoms with van der Waals surface area (Å²) in [6, 6.07) is -1.000. The van der Waals surface area contributed by atoms with Crippen molar-refractivity contribution in [3.05, 3.63) is 12.4 Å². The molecule has 1 aromatic heterocycles. The van der Waals surface area contributed by atoms with E-state index in [1.54, 1.807) is 0 Å². The lowest BCUT2D eigenvalue weighted by Gasteiger charge is -2.20. The van der Waals surface area contributed by atoms with Crippen LogP contribution in [0.2, 0.25) is 0 Å². The molecule has 6 heteroatoms. The topological polar surface area (TPSA) is 63.8 Å². The maximum atomic E-state index is 12.7. The number of nitrogens with two attached hydrogens (primary N) is 1. The minimum absolute atomic E-state index is 0.256. The molecule has 1 unspecified atom stereocenters. The minimum atomic E-state index is -2.80. The van der Waals surface area contributed by atoms with Crippen LogP contribution >= 0.6 is 0 Å². The van der Waals surface area contributed by atoms with Gasteiger partial charge in [0.05, 0.1) is 18.4 Å². The Labute approximate surface area is 80.6 Å². The third kappa shape index (κ3) is 2.79. The molecule has 1 aromatic rings. The second-order valence-electron chi connectivity index (χ2n) is 3.15. The van der Waals surface area contributed by atoms with Gasteiger partial charge in [0, 0.05) is 6.92 Å². The quantitative estimate of drug-likeness (QED) is 0.779. The van der Waals surface area contributed by atoms with Crippen molar-refractivity contribution in [3.63, 3.8) is 0 Å². The molecule has 0 aliphatic rings. The molecule has 0 fully saturated rings. The molecule has 0 bridgehead atoms. The van der Waals surface area contributed by atoms with E-state index in [0.29, 0.717) is 0 Å². The monoisotopic (exact) mass is 202 g/mol. The maximum absolute atomic E-state index is 12.7. The number of nitrogens with one attached hydrogen (secondary N) is 1. The van der Waals surface area contributed by atoms with Crippen LogP contribution in [0.25, 0.3) is 0 Å². The summed E-state index contributed by atoms with van der Waals surface area (Å²) < 4.78 is 25.5. The molecule has 0 aliphatic heterocycles. The molecule has 0 saturated heterocycles. The van der Waals surface area contributed by atoms with E-state index in [9.17, 15) is 8.78 Å². The van der Waals surface area contributed by atoms with Gasteiger partial charge in [-0.2, -0.15) is 0 Å². The van der Waals surface area contributed by atoms with E-state index >= 15 is 0 Å². The summed E-state index contributed by atoms with van der Waals surface area (Å²) in [6.45, 7) is 2.22. The summed E-state index contributed by atoms with van der Waals surface area (Å²) >= 11 is 0. The second-order valence-corrected chi connectivity index (χ2v) is 3.15. The van der Waals surface area contributed by atoms with Crippen LogP contribution < -0.4 is 11.1 Å². The Bertz CT molecular complexity index is 293. The fourth-order valence-corrected chi connectivity index (χ4v) is 0.761. The molecule has 78 valence electrons. The van der Waals surface area contributed by atoms with Gasteiger partial charge in [-0.3, -0.25) is 0 Å². The smallest absolute Gasteiger partial charge is 0.264 e. The number of rotatable bonds is 3. The molecule has 0 aliphatic carbocycles. The van der Waals surface area contributed by atoms with Gasteiger partial charge in [0.2, 0.25) is 0 Å². The fraction of sp³-hybridized carbons (Fsp3) is 0.500. The van der Waals surface area contributed by atoms with E-state index in [4.69, 9.17) is 5.73 Å². The summed E-state index contributed by atoms with van der Waals surface area (Å²) in [5.74, 6) is -2.26. The lowest BCUT2D eigenvalue weighted by molar-refractivity contribution is 0.00688. The molecule has 0 aromatic carbocycles. The number of aromatic nitrogens is 2. The van der Waals surface area contributed by atoms with Gasteiger partial charge >= 0.3 is 0 Å². The molecule has 3 N–H and O–H groups in total. The predicted molar refractivity (Wildman–Crippen MR) is 50.2 cm³/mol. The van der Waals surface area contributed by atoms with Gasteiger partial charge in [0.25, 0.3) is 5.92 Å². The normalized spacial score (nSPS) is 13.7. The summed E-state index contributed by atoms with van der Waals surface area (Å²) in [5.41, 5.74) is 5.29. The highest BCUT2D eigenvalue weighted by molar-refractivity contribution is 5.37. The number of alkyl halides is 2. The van der Waals surface area contributed by atoms with Crippen molar-refractivity contribution >= 4 is 11.6 Å². The zero-order valence-corrected chi connectivity index (χ0v) is 7.96. The minimum Gasteiger partial charge on any atom is -0.382 e. The average Bonchev–Trinajstić information content (AvgIpc) is 2.07. The number of nitrogens with zero attached hydrogens (tertiary/aromatic N) is 2. The van der Waals surface area contributed by atoms with E-state index in [-0.39, 0.29) is 11.6 Å². The van der Waals surface area contributed by atoms with Crippen LogP contribution in [0.1, 0.15) is 13.8 Å². The van der Waals surface area contributed by atoms with Crippen molar-refractivity contribution < 1.29 is 8.78 Å². The Kier molecular flexibility index (Phi) is 2.83. The Morgan fingerprint density at radius 3 is 2.50 bits per heavy atom. The standard InChI is InChI=1S/C8H12F2N4/c1-5(8(2,9)10)14-7-4-12-6(11)3-13-7/h3-5H,1-2H3,(H2,11,12)(H,13,14). The first kappa shape index (κ1) is 10.6. The third-order valence-corrected chi connectivity index (χ3v) is 1.80. The number of hydrogen-bond acceptors (Lipinski definition) is 4. The van der Waals surface area contributed by atoms with Crippen LogP contribution in [-0.2, 0) is 0 Å². The molecule has 1 rings (SSSR count). The fourth-order valence-electron chi connectivity index (χ4n) is 0.761. The highest BCUT2D eigenvalue weighted by Gasteiger charge is 2.30. The molecule has 0 spiro atoms. The predicted octanol–water partition coefficient (Wildman–Crippen LogP) is 1.51. The highest BCUT2D eigenvalue weighted by Crippen LogP contribution is 2.19. The lowest BCUT2D eigenvalue weighted by Crippen LogP contribution is -2.34. The molecular weight excluding hydrogens is 190 g/mol. The van der Waals surface area contributed by atoms with Gasteiger partial charge in [0.15, 0.2) is 0 Å². The van der Waals surface area contributed by atoms with E-state index in [0.717, 1.165) is 6.92 Å². The SMILES string of the molecule is CC(Nc1cnc(N)cn1)C(C)(F)F. The Morgan fingerprint density at radius 2 is 2.07 bits per heavy atom. The first-order valence-corrected chi connectivity index (χ1v) is 4.11. The van der Waals surface area contributed by atoms with Gasteiger partial charge in [-0.15, -0.1) is 0 Å².